The Bertz CT molecular complexity index is 543. The Balaban J connectivity index is 1.58. The van der Waals surface area contributed by atoms with Gasteiger partial charge in [-0.15, -0.1) is 4.37 Å². The number of ether oxygens (including phenoxy) is 1. The molecule has 3 rings (SSSR count). The molecule has 0 N–H and O–H groups in total. The summed E-state index contributed by atoms with van der Waals surface area (Å²) in [5.41, 5.74) is 2.05. The van der Waals surface area contributed by atoms with E-state index in [2.05, 4.69) is 26.8 Å². The molecular weight excluding hydrogens is 288 g/mol. The monoisotopic (exact) mass is 308 g/mol. The quantitative estimate of drug-likeness (QED) is 0.819. The number of carbonyl (C=O) groups is 1. The highest BCUT2D eigenvalue weighted by Gasteiger charge is 2.21. The Morgan fingerprint density at radius 2 is 2.29 bits per heavy atom. The number of rotatable bonds is 5. The summed E-state index contributed by atoms with van der Waals surface area (Å²) in [5.74, 6) is 0.833. The van der Waals surface area contributed by atoms with Crippen molar-refractivity contribution in [1.29, 1.82) is 0 Å². The highest BCUT2D eigenvalue weighted by atomic mass is 32.1. The zero-order valence-corrected chi connectivity index (χ0v) is 13.1. The third-order valence-corrected chi connectivity index (χ3v) is 4.39. The predicted octanol–water partition coefficient (Wildman–Crippen LogP) is 1.26. The lowest BCUT2D eigenvalue weighted by molar-refractivity contribution is -0.128. The van der Waals surface area contributed by atoms with Gasteiger partial charge in [-0.1, -0.05) is 6.08 Å². The molecule has 0 aliphatic carbocycles. The van der Waals surface area contributed by atoms with Crippen molar-refractivity contribution in [1.82, 2.24) is 18.5 Å². The minimum absolute atomic E-state index is 0.229. The first-order valence-electron chi connectivity index (χ1n) is 7.35. The molecule has 0 bridgehead atoms. The summed E-state index contributed by atoms with van der Waals surface area (Å²) in [6.07, 6.45) is 4.88. The van der Waals surface area contributed by atoms with E-state index in [0.29, 0.717) is 25.5 Å². The number of aromatic nitrogens is 2. The molecule has 0 spiro atoms. The third kappa shape index (κ3) is 3.41. The van der Waals surface area contributed by atoms with Crippen LogP contribution >= 0.6 is 11.7 Å². The van der Waals surface area contributed by atoms with Crippen LogP contribution < -0.4 is 4.74 Å². The van der Waals surface area contributed by atoms with Crippen molar-refractivity contribution in [2.75, 3.05) is 39.8 Å². The van der Waals surface area contributed by atoms with E-state index in [9.17, 15) is 4.79 Å². The first-order chi connectivity index (χ1) is 10.2. The fourth-order valence-electron chi connectivity index (χ4n) is 2.73. The molecule has 2 aliphatic heterocycles. The summed E-state index contributed by atoms with van der Waals surface area (Å²) in [6, 6.07) is 0. The Hall–Kier alpha value is -1.47. The number of hydrogen-bond donors (Lipinski definition) is 0. The van der Waals surface area contributed by atoms with E-state index >= 15 is 0 Å². The second kappa shape index (κ2) is 6.53. The normalized spacial score (nSPS) is 20.0. The van der Waals surface area contributed by atoms with Crippen molar-refractivity contribution < 1.29 is 9.53 Å². The standard InChI is InChI=1S/C14H20N4O2S/c1-17-6-2-4-11(10-17)13-14(16-21-15-13)20-9-8-18-7-3-5-12(18)19/h4H,2-3,5-10H2,1H3. The number of hydrogen-bond acceptors (Lipinski definition) is 6. The predicted molar refractivity (Wildman–Crippen MR) is 81.3 cm³/mol. The highest BCUT2D eigenvalue weighted by molar-refractivity contribution is 6.99. The molecule has 6 nitrogen and oxygen atoms in total. The number of nitrogens with zero attached hydrogens (tertiary/aromatic N) is 4. The molecule has 0 atom stereocenters. The minimum Gasteiger partial charge on any atom is -0.474 e. The zero-order chi connectivity index (χ0) is 14.7. The lowest BCUT2D eigenvalue weighted by Crippen LogP contribution is -2.29. The Labute approximate surface area is 128 Å². The molecule has 3 heterocycles. The summed E-state index contributed by atoms with van der Waals surface area (Å²) in [6.45, 7) is 3.92. The van der Waals surface area contributed by atoms with E-state index in [4.69, 9.17) is 4.74 Å². The summed E-state index contributed by atoms with van der Waals surface area (Å²) in [4.78, 5) is 15.7. The average Bonchev–Trinajstić information content (AvgIpc) is 3.09. The van der Waals surface area contributed by atoms with Crippen LogP contribution in [0.3, 0.4) is 0 Å². The lowest BCUT2D eigenvalue weighted by atomic mass is 10.1. The van der Waals surface area contributed by atoms with Gasteiger partial charge in [0, 0.05) is 26.1 Å². The number of likely N-dealkylation sites (N-methyl/N-ethyl adjacent to an activating group) is 1. The molecule has 0 radical (unpaired) electrons. The SMILES string of the molecule is CN1CCC=C(c2nsnc2OCCN2CCCC2=O)C1. The van der Waals surface area contributed by atoms with E-state index in [-0.39, 0.29) is 5.91 Å². The molecule has 7 heteroatoms. The van der Waals surface area contributed by atoms with E-state index in [1.54, 1.807) is 0 Å². The van der Waals surface area contributed by atoms with Crippen molar-refractivity contribution >= 4 is 23.2 Å². The van der Waals surface area contributed by atoms with Gasteiger partial charge < -0.3 is 14.5 Å². The summed E-state index contributed by atoms with van der Waals surface area (Å²) in [7, 11) is 2.10. The van der Waals surface area contributed by atoms with Gasteiger partial charge in [0.05, 0.1) is 18.3 Å². The Kier molecular flexibility index (Phi) is 4.50. The summed E-state index contributed by atoms with van der Waals surface area (Å²) < 4.78 is 14.4. The van der Waals surface area contributed by atoms with Gasteiger partial charge in [-0.25, -0.2) is 0 Å². The van der Waals surface area contributed by atoms with Gasteiger partial charge in [0.2, 0.25) is 5.91 Å². The molecule has 0 saturated carbocycles. The molecule has 0 unspecified atom stereocenters. The highest BCUT2D eigenvalue weighted by Crippen LogP contribution is 2.26. The van der Waals surface area contributed by atoms with E-state index in [0.717, 1.165) is 38.2 Å². The van der Waals surface area contributed by atoms with Gasteiger partial charge in [-0.3, -0.25) is 4.79 Å². The smallest absolute Gasteiger partial charge is 0.253 e. The molecule has 0 aromatic carbocycles. The number of likely N-dealkylation sites (tertiary alicyclic amines) is 1. The van der Waals surface area contributed by atoms with Crippen molar-refractivity contribution in [3.63, 3.8) is 0 Å². The van der Waals surface area contributed by atoms with Crippen LogP contribution in [0.1, 0.15) is 25.0 Å². The number of amides is 1. The molecule has 1 aromatic rings. The maximum Gasteiger partial charge on any atom is 0.253 e. The van der Waals surface area contributed by atoms with Gasteiger partial charge in [-0.2, -0.15) is 4.37 Å². The molecule has 2 aliphatic rings. The first kappa shape index (κ1) is 14.5. The molecular formula is C14H20N4O2S. The Morgan fingerprint density at radius 3 is 3.05 bits per heavy atom. The van der Waals surface area contributed by atoms with Crippen LogP contribution in [-0.4, -0.2) is 64.3 Å². The third-order valence-electron chi connectivity index (χ3n) is 3.88. The van der Waals surface area contributed by atoms with Crippen LogP contribution in [0.2, 0.25) is 0 Å². The van der Waals surface area contributed by atoms with Crippen LogP contribution in [0.4, 0.5) is 0 Å². The topological polar surface area (TPSA) is 58.6 Å². The molecule has 1 saturated heterocycles. The second-order valence-electron chi connectivity index (χ2n) is 5.51. The maximum atomic E-state index is 11.5. The minimum atomic E-state index is 0.229. The first-order valence-corrected chi connectivity index (χ1v) is 8.08. The Morgan fingerprint density at radius 1 is 1.38 bits per heavy atom. The number of carbonyl (C=O) groups excluding carboxylic acids is 1. The van der Waals surface area contributed by atoms with Crippen LogP contribution in [0.25, 0.3) is 5.57 Å². The fraction of sp³-hybridized carbons (Fsp3) is 0.643. The summed E-state index contributed by atoms with van der Waals surface area (Å²) >= 11 is 1.18. The van der Waals surface area contributed by atoms with Gasteiger partial charge in [0.15, 0.2) is 0 Å². The van der Waals surface area contributed by atoms with Gasteiger partial charge >= 0.3 is 0 Å². The molecule has 1 fully saturated rings. The van der Waals surface area contributed by atoms with Crippen molar-refractivity contribution in [2.24, 2.45) is 0 Å². The van der Waals surface area contributed by atoms with Crippen LogP contribution in [-0.2, 0) is 4.79 Å². The molecule has 114 valence electrons. The molecule has 21 heavy (non-hydrogen) atoms. The van der Waals surface area contributed by atoms with Crippen molar-refractivity contribution in [3.05, 3.63) is 11.8 Å². The van der Waals surface area contributed by atoms with E-state index in [1.807, 2.05) is 4.90 Å². The van der Waals surface area contributed by atoms with Gasteiger partial charge in [0.1, 0.15) is 12.3 Å². The summed E-state index contributed by atoms with van der Waals surface area (Å²) in [5, 5.41) is 0. The average molecular weight is 308 g/mol. The van der Waals surface area contributed by atoms with Crippen LogP contribution in [0.5, 0.6) is 5.88 Å². The second-order valence-corrected chi connectivity index (χ2v) is 6.04. The van der Waals surface area contributed by atoms with E-state index in [1.165, 1.54) is 17.3 Å². The van der Waals surface area contributed by atoms with E-state index < -0.39 is 0 Å². The largest absolute Gasteiger partial charge is 0.474 e. The van der Waals surface area contributed by atoms with Gasteiger partial charge in [0.25, 0.3) is 5.88 Å². The van der Waals surface area contributed by atoms with Crippen molar-refractivity contribution in [2.45, 2.75) is 19.3 Å². The van der Waals surface area contributed by atoms with Crippen LogP contribution in [0.15, 0.2) is 6.08 Å². The molecule has 1 aromatic heterocycles. The van der Waals surface area contributed by atoms with Gasteiger partial charge in [-0.05, 0) is 25.5 Å². The maximum absolute atomic E-state index is 11.5. The fourth-order valence-corrected chi connectivity index (χ4v) is 3.26. The molecule has 1 amide bonds. The van der Waals surface area contributed by atoms with Crippen molar-refractivity contribution in [3.8, 4) is 5.88 Å². The van der Waals surface area contributed by atoms with Crippen LogP contribution in [0, 0.1) is 0 Å². The lowest BCUT2D eigenvalue weighted by Gasteiger charge is -2.22. The zero-order valence-electron chi connectivity index (χ0n) is 12.2.